The number of hydrogen-bond acceptors (Lipinski definition) is 3. The first-order valence-electron chi connectivity index (χ1n) is 7.04. The zero-order valence-electron chi connectivity index (χ0n) is 12.7. The van der Waals surface area contributed by atoms with Gasteiger partial charge >= 0.3 is 0 Å². The molecule has 3 N–H and O–H groups in total. The number of benzene rings is 1. The molecule has 2 rings (SSSR count). The van der Waals surface area contributed by atoms with E-state index in [1.165, 1.54) is 0 Å². The molecule has 0 aliphatic heterocycles. The first kappa shape index (κ1) is 15.1. The molecule has 0 radical (unpaired) electrons. The van der Waals surface area contributed by atoms with E-state index >= 15 is 0 Å². The minimum Gasteiger partial charge on any atom is -0.399 e. The van der Waals surface area contributed by atoms with Crippen LogP contribution in [0.1, 0.15) is 26.3 Å². The zero-order valence-corrected chi connectivity index (χ0v) is 12.7. The number of nitrogens with two attached hydrogens (primary N) is 1. The molecule has 1 aromatic carbocycles. The Morgan fingerprint density at radius 2 is 2.05 bits per heavy atom. The van der Waals surface area contributed by atoms with Crippen LogP contribution in [0, 0.1) is 0 Å². The van der Waals surface area contributed by atoms with Crippen molar-refractivity contribution in [2.45, 2.75) is 38.8 Å². The van der Waals surface area contributed by atoms with Crippen molar-refractivity contribution in [1.82, 2.24) is 15.1 Å². The predicted molar refractivity (Wildman–Crippen MR) is 83.7 cm³/mol. The fourth-order valence-corrected chi connectivity index (χ4v) is 2.17. The summed E-state index contributed by atoms with van der Waals surface area (Å²) in [5, 5.41) is 7.19. The third-order valence-electron chi connectivity index (χ3n) is 3.60. The number of aromatic nitrogens is 2. The first-order valence-corrected chi connectivity index (χ1v) is 7.04. The van der Waals surface area contributed by atoms with Crippen molar-refractivity contribution in [3.8, 4) is 0 Å². The number of hydrogen-bond donors (Lipinski definition) is 2. The van der Waals surface area contributed by atoms with Crippen molar-refractivity contribution in [2.75, 3.05) is 5.73 Å². The molecular formula is C16H22N4O. The van der Waals surface area contributed by atoms with E-state index in [0.29, 0.717) is 12.2 Å². The Balaban J connectivity index is 2.02. The van der Waals surface area contributed by atoms with Gasteiger partial charge in [0.1, 0.15) is 0 Å². The largest absolute Gasteiger partial charge is 0.399 e. The molecule has 5 heteroatoms. The zero-order chi connectivity index (χ0) is 15.5. The van der Waals surface area contributed by atoms with Crippen LogP contribution in [0.2, 0.25) is 0 Å². The smallest absolute Gasteiger partial charge is 0.230 e. The highest BCUT2D eigenvalue weighted by Gasteiger charge is 2.30. The Hall–Kier alpha value is -2.30. The molecule has 1 unspecified atom stereocenters. The Labute approximate surface area is 125 Å². The second kappa shape index (κ2) is 5.99. The van der Waals surface area contributed by atoms with Gasteiger partial charge in [0.05, 0.1) is 12.0 Å². The number of nitrogens with zero attached hydrogens (tertiary/aromatic N) is 2. The van der Waals surface area contributed by atoms with E-state index in [1.54, 1.807) is 10.9 Å². The van der Waals surface area contributed by atoms with Crippen LogP contribution in [0.25, 0.3) is 0 Å². The second-order valence-electron chi connectivity index (χ2n) is 5.85. The fraction of sp³-hybridized carbons (Fsp3) is 0.375. The molecule has 21 heavy (non-hydrogen) atoms. The number of amides is 1. The second-order valence-corrected chi connectivity index (χ2v) is 5.85. The van der Waals surface area contributed by atoms with Gasteiger partial charge in [-0.2, -0.15) is 5.10 Å². The van der Waals surface area contributed by atoms with E-state index in [4.69, 9.17) is 5.73 Å². The SMILES string of the molecule is CC(Cn1cccn1)NC(=O)C(C)(C)c1ccc(N)cc1. The van der Waals surface area contributed by atoms with Gasteiger partial charge in [-0.15, -0.1) is 0 Å². The van der Waals surface area contributed by atoms with Crippen LogP contribution >= 0.6 is 0 Å². The summed E-state index contributed by atoms with van der Waals surface area (Å²) in [4.78, 5) is 12.5. The van der Waals surface area contributed by atoms with Crippen molar-refractivity contribution in [1.29, 1.82) is 0 Å². The summed E-state index contributed by atoms with van der Waals surface area (Å²) < 4.78 is 1.81. The van der Waals surface area contributed by atoms with Gasteiger partial charge in [-0.1, -0.05) is 12.1 Å². The maximum Gasteiger partial charge on any atom is 0.230 e. The quantitative estimate of drug-likeness (QED) is 0.825. The molecule has 112 valence electrons. The van der Waals surface area contributed by atoms with Crippen molar-refractivity contribution in [2.24, 2.45) is 0 Å². The van der Waals surface area contributed by atoms with Crippen molar-refractivity contribution in [3.63, 3.8) is 0 Å². The fourth-order valence-electron chi connectivity index (χ4n) is 2.17. The molecule has 0 aliphatic rings. The van der Waals surface area contributed by atoms with E-state index < -0.39 is 5.41 Å². The summed E-state index contributed by atoms with van der Waals surface area (Å²) in [5.74, 6) is -0.00747. The number of carbonyl (C=O) groups excluding carboxylic acids is 1. The summed E-state index contributed by atoms with van der Waals surface area (Å²) in [6.07, 6.45) is 3.61. The van der Waals surface area contributed by atoms with Gasteiger partial charge in [-0.3, -0.25) is 9.48 Å². The number of carbonyl (C=O) groups is 1. The topological polar surface area (TPSA) is 72.9 Å². The molecule has 0 bridgehead atoms. The van der Waals surface area contributed by atoms with Gasteiger partial charge in [0, 0.05) is 24.1 Å². The van der Waals surface area contributed by atoms with E-state index in [1.807, 2.05) is 57.3 Å². The number of nitrogen functional groups attached to an aromatic ring is 1. The van der Waals surface area contributed by atoms with Gasteiger partial charge in [-0.25, -0.2) is 0 Å². The van der Waals surface area contributed by atoms with Gasteiger partial charge in [0.2, 0.25) is 5.91 Å². The first-order chi connectivity index (χ1) is 9.89. The van der Waals surface area contributed by atoms with Gasteiger partial charge in [0.15, 0.2) is 0 Å². The van der Waals surface area contributed by atoms with Crippen LogP contribution in [0.15, 0.2) is 42.7 Å². The van der Waals surface area contributed by atoms with Crippen LogP contribution < -0.4 is 11.1 Å². The maximum atomic E-state index is 12.5. The monoisotopic (exact) mass is 286 g/mol. The molecule has 1 amide bonds. The lowest BCUT2D eigenvalue weighted by molar-refractivity contribution is -0.126. The highest BCUT2D eigenvalue weighted by atomic mass is 16.2. The Morgan fingerprint density at radius 3 is 2.62 bits per heavy atom. The summed E-state index contributed by atoms with van der Waals surface area (Å²) in [6, 6.07) is 9.30. The average molecular weight is 286 g/mol. The molecule has 2 aromatic rings. The summed E-state index contributed by atoms with van der Waals surface area (Å²) >= 11 is 0. The molecule has 0 spiro atoms. The summed E-state index contributed by atoms with van der Waals surface area (Å²) in [7, 11) is 0. The predicted octanol–water partition coefficient (Wildman–Crippen LogP) is 1.95. The molecule has 0 fully saturated rings. The van der Waals surface area contributed by atoms with Crippen LogP contribution in [0.3, 0.4) is 0 Å². The summed E-state index contributed by atoms with van der Waals surface area (Å²) in [5.41, 5.74) is 6.73. The molecule has 0 saturated heterocycles. The molecule has 1 heterocycles. The minimum absolute atomic E-state index is 0.00505. The lowest BCUT2D eigenvalue weighted by Gasteiger charge is -2.26. The van der Waals surface area contributed by atoms with Crippen LogP contribution in [0.4, 0.5) is 5.69 Å². The highest BCUT2D eigenvalue weighted by Crippen LogP contribution is 2.24. The third kappa shape index (κ3) is 3.62. The Morgan fingerprint density at radius 1 is 1.38 bits per heavy atom. The number of rotatable bonds is 5. The van der Waals surface area contributed by atoms with E-state index in [0.717, 1.165) is 5.56 Å². The minimum atomic E-state index is -0.605. The Kier molecular flexibility index (Phi) is 4.31. The molecule has 1 atom stereocenters. The van der Waals surface area contributed by atoms with Crippen LogP contribution in [0.5, 0.6) is 0 Å². The van der Waals surface area contributed by atoms with E-state index in [2.05, 4.69) is 10.4 Å². The lowest BCUT2D eigenvalue weighted by Crippen LogP contribution is -2.45. The van der Waals surface area contributed by atoms with Crippen molar-refractivity contribution < 1.29 is 4.79 Å². The van der Waals surface area contributed by atoms with Crippen molar-refractivity contribution >= 4 is 11.6 Å². The van der Waals surface area contributed by atoms with Crippen LogP contribution in [-0.2, 0) is 16.8 Å². The number of anilines is 1. The van der Waals surface area contributed by atoms with Gasteiger partial charge in [-0.05, 0) is 44.5 Å². The van der Waals surface area contributed by atoms with E-state index in [-0.39, 0.29) is 11.9 Å². The number of nitrogens with one attached hydrogen (secondary N) is 1. The lowest BCUT2D eigenvalue weighted by atomic mass is 9.83. The molecule has 5 nitrogen and oxygen atoms in total. The van der Waals surface area contributed by atoms with Gasteiger partial charge < -0.3 is 11.1 Å². The average Bonchev–Trinajstić information content (AvgIpc) is 2.91. The third-order valence-corrected chi connectivity index (χ3v) is 3.60. The molecule has 0 saturated carbocycles. The molecule has 1 aromatic heterocycles. The highest BCUT2D eigenvalue weighted by molar-refractivity contribution is 5.87. The van der Waals surface area contributed by atoms with Gasteiger partial charge in [0.25, 0.3) is 0 Å². The summed E-state index contributed by atoms with van der Waals surface area (Å²) in [6.45, 7) is 6.44. The molecular weight excluding hydrogens is 264 g/mol. The standard InChI is InChI=1S/C16H22N4O/c1-12(11-20-10-4-9-18-20)19-15(21)16(2,3)13-5-7-14(17)8-6-13/h4-10,12H,11,17H2,1-3H3,(H,19,21). The normalized spacial score (nSPS) is 12.9. The Bertz CT molecular complexity index is 587. The van der Waals surface area contributed by atoms with Crippen molar-refractivity contribution in [3.05, 3.63) is 48.3 Å². The maximum absolute atomic E-state index is 12.5. The van der Waals surface area contributed by atoms with Crippen LogP contribution in [-0.4, -0.2) is 21.7 Å². The molecule has 0 aliphatic carbocycles. The van der Waals surface area contributed by atoms with E-state index in [9.17, 15) is 4.79 Å².